The van der Waals surface area contributed by atoms with Crippen molar-refractivity contribution in [2.75, 3.05) is 31.2 Å². The first-order valence-corrected chi connectivity index (χ1v) is 10.7. The Morgan fingerprint density at radius 1 is 1.12 bits per heavy atom. The highest BCUT2D eigenvalue weighted by atomic mass is 19.4. The molecule has 6 nitrogen and oxygen atoms in total. The second-order valence-corrected chi connectivity index (χ2v) is 8.05. The summed E-state index contributed by atoms with van der Waals surface area (Å²) in [6, 6.07) is 8.12. The second-order valence-electron chi connectivity index (χ2n) is 8.05. The van der Waals surface area contributed by atoms with E-state index in [1.165, 1.54) is 22.9 Å². The van der Waals surface area contributed by atoms with Crippen LogP contribution in [0.25, 0.3) is 22.2 Å². The van der Waals surface area contributed by atoms with E-state index in [1.54, 1.807) is 18.5 Å². The Hall–Kier alpha value is -3.66. The van der Waals surface area contributed by atoms with Crippen LogP contribution in [-0.4, -0.2) is 40.8 Å². The number of rotatable bonds is 4. The molecule has 5 rings (SSSR count). The van der Waals surface area contributed by atoms with Gasteiger partial charge in [0.15, 0.2) is 0 Å². The highest BCUT2D eigenvalue weighted by Gasteiger charge is 2.34. The number of benzene rings is 1. The molecule has 0 aliphatic carbocycles. The number of hydrogen-bond donors (Lipinski definition) is 1. The third-order valence-electron chi connectivity index (χ3n) is 5.92. The molecular formula is C24H20F4N4O2. The maximum atomic E-state index is 14.4. The van der Waals surface area contributed by atoms with Gasteiger partial charge < -0.3 is 19.2 Å². The summed E-state index contributed by atoms with van der Waals surface area (Å²) in [5.74, 6) is -1.37. The number of alkyl halides is 3. The SMILES string of the molecule is O=c1cc(-c2c[nH]c3ncc(N4CCOCC4)cc23)ccn1Cc1cccc(C(F)(F)F)c1F. The summed E-state index contributed by atoms with van der Waals surface area (Å²) < 4.78 is 60.0. The van der Waals surface area contributed by atoms with Crippen molar-refractivity contribution in [3.05, 3.63) is 82.3 Å². The van der Waals surface area contributed by atoms with E-state index in [9.17, 15) is 22.4 Å². The highest BCUT2D eigenvalue weighted by molar-refractivity contribution is 5.95. The number of H-pyrrole nitrogens is 1. The van der Waals surface area contributed by atoms with Gasteiger partial charge in [0.25, 0.3) is 5.56 Å². The van der Waals surface area contributed by atoms with Gasteiger partial charge in [-0.05, 0) is 23.8 Å². The average Bonchev–Trinajstić information content (AvgIpc) is 3.25. The lowest BCUT2D eigenvalue weighted by Crippen LogP contribution is -2.36. The first-order chi connectivity index (χ1) is 16.3. The zero-order valence-electron chi connectivity index (χ0n) is 17.9. The van der Waals surface area contributed by atoms with Crippen molar-refractivity contribution in [2.45, 2.75) is 12.7 Å². The summed E-state index contributed by atoms with van der Waals surface area (Å²) >= 11 is 0. The Morgan fingerprint density at radius 2 is 1.91 bits per heavy atom. The molecule has 0 amide bonds. The van der Waals surface area contributed by atoms with Crippen LogP contribution in [0.2, 0.25) is 0 Å². The van der Waals surface area contributed by atoms with Crippen molar-refractivity contribution < 1.29 is 22.3 Å². The molecule has 1 N–H and O–H groups in total. The lowest BCUT2D eigenvalue weighted by Gasteiger charge is -2.28. The first kappa shape index (κ1) is 22.1. The fraction of sp³-hybridized carbons (Fsp3) is 0.250. The molecule has 0 radical (unpaired) electrons. The van der Waals surface area contributed by atoms with E-state index in [4.69, 9.17) is 4.74 Å². The summed E-state index contributed by atoms with van der Waals surface area (Å²) in [4.78, 5) is 22.5. The average molecular weight is 472 g/mol. The Bertz CT molecular complexity index is 1400. The minimum atomic E-state index is -4.81. The molecule has 10 heteroatoms. The van der Waals surface area contributed by atoms with Gasteiger partial charge in [-0.15, -0.1) is 0 Å². The van der Waals surface area contributed by atoms with Gasteiger partial charge in [0, 0.05) is 48.1 Å². The minimum Gasteiger partial charge on any atom is -0.378 e. The number of ether oxygens (including phenoxy) is 1. The monoisotopic (exact) mass is 472 g/mol. The molecule has 176 valence electrons. The molecule has 0 bridgehead atoms. The van der Waals surface area contributed by atoms with Crippen LogP contribution in [0.4, 0.5) is 23.2 Å². The molecule has 1 aromatic carbocycles. The zero-order valence-corrected chi connectivity index (χ0v) is 17.9. The maximum absolute atomic E-state index is 14.4. The predicted octanol–water partition coefficient (Wildman–Crippen LogP) is 4.43. The summed E-state index contributed by atoms with van der Waals surface area (Å²) in [5, 5.41) is 0.838. The number of anilines is 1. The van der Waals surface area contributed by atoms with Gasteiger partial charge in [0.2, 0.25) is 0 Å². The van der Waals surface area contributed by atoms with Gasteiger partial charge in [-0.3, -0.25) is 4.79 Å². The van der Waals surface area contributed by atoms with E-state index in [0.29, 0.717) is 30.5 Å². The van der Waals surface area contributed by atoms with Crippen LogP contribution < -0.4 is 10.5 Å². The summed E-state index contributed by atoms with van der Waals surface area (Å²) in [6.07, 6.45) is 0.190. The fourth-order valence-electron chi connectivity index (χ4n) is 4.14. The van der Waals surface area contributed by atoms with E-state index >= 15 is 0 Å². The standard InChI is InChI=1S/C24H20F4N4O2/c25-22-16(2-1-3-20(22)24(26,27)28)14-32-5-4-15(10-21(32)33)19-13-30-23-18(19)11-17(12-29-23)31-6-8-34-9-7-31/h1-5,10-13H,6-9,14H2,(H,29,30). The molecule has 0 saturated carbocycles. The number of nitrogens with one attached hydrogen (secondary N) is 1. The van der Waals surface area contributed by atoms with E-state index in [2.05, 4.69) is 14.9 Å². The molecular weight excluding hydrogens is 452 g/mol. The first-order valence-electron chi connectivity index (χ1n) is 10.7. The lowest BCUT2D eigenvalue weighted by molar-refractivity contribution is -0.140. The van der Waals surface area contributed by atoms with E-state index in [-0.39, 0.29) is 12.1 Å². The number of aromatic nitrogens is 3. The van der Waals surface area contributed by atoms with Crippen molar-refractivity contribution in [1.29, 1.82) is 0 Å². The van der Waals surface area contributed by atoms with Gasteiger partial charge in [0.1, 0.15) is 11.5 Å². The fourth-order valence-corrected chi connectivity index (χ4v) is 4.14. The lowest BCUT2D eigenvalue weighted by atomic mass is 10.1. The quantitative estimate of drug-likeness (QED) is 0.447. The molecule has 0 unspecified atom stereocenters. The second kappa shape index (κ2) is 8.60. The van der Waals surface area contributed by atoms with E-state index in [0.717, 1.165) is 35.8 Å². The highest BCUT2D eigenvalue weighted by Crippen LogP contribution is 2.33. The molecule has 4 aromatic rings. The zero-order chi connectivity index (χ0) is 23.9. The number of halogens is 4. The van der Waals surface area contributed by atoms with Crippen molar-refractivity contribution in [3.63, 3.8) is 0 Å². The van der Waals surface area contributed by atoms with Crippen molar-refractivity contribution in [2.24, 2.45) is 0 Å². The van der Waals surface area contributed by atoms with E-state index in [1.807, 2.05) is 6.07 Å². The van der Waals surface area contributed by atoms with Gasteiger partial charge in [-0.2, -0.15) is 13.2 Å². The van der Waals surface area contributed by atoms with Crippen LogP contribution >= 0.6 is 0 Å². The van der Waals surface area contributed by atoms with Crippen LogP contribution in [0.1, 0.15) is 11.1 Å². The number of aromatic amines is 1. The molecule has 0 atom stereocenters. The van der Waals surface area contributed by atoms with Gasteiger partial charge in [-0.1, -0.05) is 12.1 Å². The van der Waals surface area contributed by atoms with Gasteiger partial charge in [-0.25, -0.2) is 9.37 Å². The van der Waals surface area contributed by atoms with Crippen LogP contribution in [0.15, 0.2) is 59.8 Å². The van der Waals surface area contributed by atoms with Crippen molar-refractivity contribution in [1.82, 2.24) is 14.5 Å². The Morgan fingerprint density at radius 3 is 2.65 bits per heavy atom. The largest absolute Gasteiger partial charge is 0.419 e. The molecule has 1 aliphatic heterocycles. The Balaban J connectivity index is 1.46. The number of pyridine rings is 2. The van der Waals surface area contributed by atoms with Crippen molar-refractivity contribution >= 4 is 16.7 Å². The summed E-state index contributed by atoms with van der Waals surface area (Å²) in [7, 11) is 0. The molecule has 1 saturated heterocycles. The Kier molecular flexibility index (Phi) is 5.60. The maximum Gasteiger partial charge on any atom is 0.419 e. The minimum absolute atomic E-state index is 0.212. The third-order valence-corrected chi connectivity index (χ3v) is 5.92. The Labute approximate surface area is 191 Å². The number of morpholine rings is 1. The summed E-state index contributed by atoms with van der Waals surface area (Å²) in [6.45, 7) is 2.49. The molecule has 1 aliphatic rings. The molecule has 34 heavy (non-hydrogen) atoms. The molecule has 4 heterocycles. The van der Waals surface area contributed by atoms with Crippen LogP contribution in [0.5, 0.6) is 0 Å². The van der Waals surface area contributed by atoms with Crippen molar-refractivity contribution in [3.8, 4) is 11.1 Å². The smallest absolute Gasteiger partial charge is 0.378 e. The van der Waals surface area contributed by atoms with E-state index < -0.39 is 23.1 Å². The number of nitrogens with zero attached hydrogens (tertiary/aromatic N) is 3. The van der Waals surface area contributed by atoms with Gasteiger partial charge in [0.05, 0.1) is 37.2 Å². The molecule has 1 fully saturated rings. The topological polar surface area (TPSA) is 63.1 Å². The van der Waals surface area contributed by atoms with Crippen LogP contribution in [0.3, 0.4) is 0 Å². The van der Waals surface area contributed by atoms with Crippen LogP contribution in [-0.2, 0) is 17.5 Å². The summed E-state index contributed by atoms with van der Waals surface area (Å²) in [5.41, 5.74) is 0.992. The third kappa shape index (κ3) is 4.16. The normalized spacial score (nSPS) is 14.6. The molecule has 3 aromatic heterocycles. The molecule has 0 spiro atoms. The predicted molar refractivity (Wildman–Crippen MR) is 119 cm³/mol. The number of fused-ring (bicyclic) bond motifs is 1. The van der Waals surface area contributed by atoms with Gasteiger partial charge >= 0.3 is 6.18 Å². The van der Waals surface area contributed by atoms with Crippen LogP contribution in [0, 0.1) is 5.82 Å². The number of hydrogen-bond acceptors (Lipinski definition) is 4.